The SMILES string of the molecule is Cc1cc(C(=O)NN=Cc2c(Cl)cccc2Cl)nn1-c1c(Cl)cc(Cl)cc1Cl. The summed E-state index contributed by atoms with van der Waals surface area (Å²) in [5, 5.41) is 9.99. The second kappa shape index (κ2) is 8.72. The first-order valence-electron chi connectivity index (χ1n) is 7.77. The lowest BCUT2D eigenvalue weighted by Crippen LogP contribution is -2.18. The molecule has 10 heteroatoms. The van der Waals surface area contributed by atoms with E-state index in [1.54, 1.807) is 43.3 Å². The number of rotatable bonds is 4. The van der Waals surface area contributed by atoms with Crippen molar-refractivity contribution in [2.24, 2.45) is 5.10 Å². The van der Waals surface area contributed by atoms with Crippen molar-refractivity contribution in [1.29, 1.82) is 0 Å². The molecule has 1 heterocycles. The molecule has 144 valence electrons. The van der Waals surface area contributed by atoms with Crippen LogP contribution in [-0.2, 0) is 0 Å². The maximum Gasteiger partial charge on any atom is 0.291 e. The summed E-state index contributed by atoms with van der Waals surface area (Å²) in [5.74, 6) is -0.525. The molecule has 0 aliphatic heterocycles. The number of aryl methyl sites for hydroxylation is 1. The van der Waals surface area contributed by atoms with E-state index in [0.29, 0.717) is 42.1 Å². The first-order valence-corrected chi connectivity index (χ1v) is 9.66. The van der Waals surface area contributed by atoms with Gasteiger partial charge in [-0.2, -0.15) is 10.2 Å². The Kier molecular flexibility index (Phi) is 6.53. The van der Waals surface area contributed by atoms with Crippen molar-refractivity contribution in [3.8, 4) is 5.69 Å². The second-order valence-electron chi connectivity index (χ2n) is 5.64. The van der Waals surface area contributed by atoms with E-state index in [2.05, 4.69) is 15.6 Å². The number of carbonyl (C=O) groups is 1. The standard InChI is InChI=1S/C18H11Cl5N4O/c1-9-5-16(26-27(9)17-14(22)6-10(19)7-15(17)23)18(28)25-24-8-11-12(20)3-2-4-13(11)21/h2-8H,1H3,(H,25,28). The minimum atomic E-state index is -0.525. The highest BCUT2D eigenvalue weighted by molar-refractivity contribution is 6.40. The summed E-state index contributed by atoms with van der Waals surface area (Å²) in [5.41, 5.74) is 4.08. The molecule has 0 spiro atoms. The maximum absolute atomic E-state index is 12.4. The number of aromatic nitrogens is 2. The minimum absolute atomic E-state index is 0.127. The summed E-state index contributed by atoms with van der Waals surface area (Å²) in [6.45, 7) is 1.76. The van der Waals surface area contributed by atoms with Gasteiger partial charge in [0.05, 0.1) is 26.3 Å². The monoisotopic (exact) mass is 474 g/mol. The van der Waals surface area contributed by atoms with E-state index in [1.807, 2.05) is 0 Å². The van der Waals surface area contributed by atoms with Crippen LogP contribution in [0.1, 0.15) is 21.7 Å². The van der Waals surface area contributed by atoms with Gasteiger partial charge in [-0.15, -0.1) is 0 Å². The van der Waals surface area contributed by atoms with Gasteiger partial charge in [0.1, 0.15) is 5.69 Å². The van der Waals surface area contributed by atoms with Gasteiger partial charge in [-0.1, -0.05) is 64.1 Å². The van der Waals surface area contributed by atoms with Crippen molar-refractivity contribution in [3.63, 3.8) is 0 Å². The fraction of sp³-hybridized carbons (Fsp3) is 0.0556. The molecule has 0 aliphatic rings. The number of amides is 1. The molecule has 5 nitrogen and oxygen atoms in total. The van der Waals surface area contributed by atoms with Crippen LogP contribution in [0.15, 0.2) is 41.5 Å². The van der Waals surface area contributed by atoms with Crippen molar-refractivity contribution < 1.29 is 4.79 Å². The smallest absolute Gasteiger partial charge is 0.265 e. The van der Waals surface area contributed by atoms with Gasteiger partial charge in [-0.05, 0) is 37.3 Å². The van der Waals surface area contributed by atoms with E-state index in [9.17, 15) is 4.79 Å². The van der Waals surface area contributed by atoms with Crippen LogP contribution in [-0.4, -0.2) is 21.9 Å². The van der Waals surface area contributed by atoms with E-state index >= 15 is 0 Å². The number of benzene rings is 2. The molecule has 2 aromatic carbocycles. The van der Waals surface area contributed by atoms with Crippen LogP contribution in [0.3, 0.4) is 0 Å². The molecular formula is C18H11Cl5N4O. The van der Waals surface area contributed by atoms with E-state index in [1.165, 1.54) is 10.9 Å². The Morgan fingerprint density at radius 1 is 1.04 bits per heavy atom. The molecule has 3 rings (SSSR count). The third kappa shape index (κ3) is 4.45. The largest absolute Gasteiger partial charge is 0.291 e. The highest BCUT2D eigenvalue weighted by Crippen LogP contribution is 2.32. The lowest BCUT2D eigenvalue weighted by atomic mass is 10.2. The van der Waals surface area contributed by atoms with Crippen LogP contribution in [0, 0.1) is 6.92 Å². The third-order valence-corrected chi connectivity index (χ3v) is 5.13. The van der Waals surface area contributed by atoms with Gasteiger partial charge in [-0.25, -0.2) is 10.1 Å². The Hall–Kier alpha value is -1.76. The van der Waals surface area contributed by atoms with Crippen LogP contribution in [0.4, 0.5) is 0 Å². The molecule has 3 aromatic rings. The Bertz CT molecular complexity index is 1050. The molecule has 0 radical (unpaired) electrons. The zero-order valence-electron chi connectivity index (χ0n) is 14.2. The number of nitrogens with one attached hydrogen (secondary N) is 1. The number of hydrogen-bond acceptors (Lipinski definition) is 3. The van der Waals surface area contributed by atoms with Crippen LogP contribution in [0.25, 0.3) is 5.69 Å². The van der Waals surface area contributed by atoms with E-state index in [0.717, 1.165) is 0 Å². The quantitative estimate of drug-likeness (QED) is 0.359. The van der Waals surface area contributed by atoms with Gasteiger partial charge in [-0.3, -0.25) is 4.79 Å². The Morgan fingerprint density at radius 3 is 2.25 bits per heavy atom. The molecule has 0 saturated heterocycles. The van der Waals surface area contributed by atoms with Gasteiger partial charge in [0, 0.05) is 16.3 Å². The zero-order valence-corrected chi connectivity index (χ0v) is 18.0. The molecule has 0 bridgehead atoms. The van der Waals surface area contributed by atoms with Gasteiger partial charge >= 0.3 is 0 Å². The van der Waals surface area contributed by atoms with Crippen molar-refractivity contribution in [2.75, 3.05) is 0 Å². The van der Waals surface area contributed by atoms with Crippen molar-refractivity contribution in [1.82, 2.24) is 15.2 Å². The minimum Gasteiger partial charge on any atom is -0.265 e. The molecule has 0 unspecified atom stereocenters. The number of carbonyl (C=O) groups excluding carboxylic acids is 1. The van der Waals surface area contributed by atoms with E-state index in [4.69, 9.17) is 58.0 Å². The number of hydrogen-bond donors (Lipinski definition) is 1. The Morgan fingerprint density at radius 2 is 1.64 bits per heavy atom. The summed E-state index contributed by atoms with van der Waals surface area (Å²) in [6, 6.07) is 9.71. The molecule has 0 aliphatic carbocycles. The van der Waals surface area contributed by atoms with Crippen LogP contribution >= 0.6 is 58.0 Å². The molecule has 1 N–H and O–H groups in total. The lowest BCUT2D eigenvalue weighted by molar-refractivity contribution is 0.0949. The normalized spacial score (nSPS) is 11.2. The number of nitrogens with zero attached hydrogens (tertiary/aromatic N) is 3. The summed E-state index contributed by atoms with van der Waals surface area (Å²) >= 11 is 30.5. The van der Waals surface area contributed by atoms with Crippen LogP contribution < -0.4 is 5.43 Å². The first kappa shape index (κ1) is 21.0. The van der Waals surface area contributed by atoms with Gasteiger partial charge < -0.3 is 0 Å². The number of halogens is 5. The predicted octanol–water partition coefficient (Wildman–Crippen LogP) is 6.21. The van der Waals surface area contributed by atoms with Crippen molar-refractivity contribution in [3.05, 3.63) is 78.5 Å². The van der Waals surface area contributed by atoms with Crippen molar-refractivity contribution >= 4 is 70.1 Å². The molecule has 0 atom stereocenters. The highest BCUT2D eigenvalue weighted by atomic mass is 35.5. The van der Waals surface area contributed by atoms with E-state index in [-0.39, 0.29) is 5.69 Å². The topological polar surface area (TPSA) is 59.3 Å². The van der Waals surface area contributed by atoms with Gasteiger partial charge in [0.2, 0.25) is 0 Å². The maximum atomic E-state index is 12.4. The molecule has 1 aromatic heterocycles. The molecular weight excluding hydrogens is 465 g/mol. The highest BCUT2D eigenvalue weighted by Gasteiger charge is 2.17. The fourth-order valence-electron chi connectivity index (χ4n) is 2.40. The summed E-state index contributed by atoms with van der Waals surface area (Å²) < 4.78 is 1.46. The average molecular weight is 477 g/mol. The van der Waals surface area contributed by atoms with Gasteiger partial charge in [0.25, 0.3) is 5.91 Å². The summed E-state index contributed by atoms with van der Waals surface area (Å²) in [7, 11) is 0. The molecule has 28 heavy (non-hydrogen) atoms. The fourth-order valence-corrected chi connectivity index (χ4v) is 3.87. The van der Waals surface area contributed by atoms with Gasteiger partial charge in [0.15, 0.2) is 5.69 Å². The predicted molar refractivity (Wildman–Crippen MR) is 115 cm³/mol. The van der Waals surface area contributed by atoms with E-state index < -0.39 is 5.91 Å². The molecule has 0 fully saturated rings. The summed E-state index contributed by atoms with van der Waals surface area (Å²) in [6.07, 6.45) is 1.36. The van der Waals surface area contributed by atoms with Crippen LogP contribution in [0.2, 0.25) is 25.1 Å². The second-order valence-corrected chi connectivity index (χ2v) is 7.70. The number of hydrazone groups is 1. The Labute approximate surface area is 185 Å². The molecule has 0 saturated carbocycles. The average Bonchev–Trinajstić information content (AvgIpc) is 2.98. The lowest BCUT2D eigenvalue weighted by Gasteiger charge is -2.09. The summed E-state index contributed by atoms with van der Waals surface area (Å²) in [4.78, 5) is 12.4. The zero-order chi connectivity index (χ0) is 20.4. The Balaban J connectivity index is 1.83. The van der Waals surface area contributed by atoms with Crippen LogP contribution in [0.5, 0.6) is 0 Å². The van der Waals surface area contributed by atoms with Crippen molar-refractivity contribution in [2.45, 2.75) is 6.92 Å². The third-order valence-electron chi connectivity index (χ3n) is 3.67. The molecule has 1 amide bonds. The first-order chi connectivity index (χ1) is 13.3.